The van der Waals surface area contributed by atoms with E-state index in [4.69, 9.17) is 21.4 Å². The normalized spacial score (nSPS) is 13.8. The Labute approximate surface area is 245 Å². The molecule has 1 saturated heterocycles. The standard InChI is InChI=1S/C28H30ClN7O4S/c1-28(2,3)27(39)36-24(31-15-18-4-6-23(29)41-18)14-21(33-36)19-5-7-25(38)35(26(19)34-10-12-40-13-11-34)16-22(37)20-8-9-30-17-32-20/h4-9,14,17,31H,10-13,15-16H2,1-3H3. The number of nitrogens with zero attached hydrogens (tertiary/aromatic N) is 6. The topological polar surface area (TPSA) is 124 Å². The second kappa shape index (κ2) is 11.9. The average Bonchev–Trinajstić information content (AvgIpc) is 3.58. The van der Waals surface area contributed by atoms with Gasteiger partial charge in [-0.25, -0.2) is 9.97 Å². The van der Waals surface area contributed by atoms with Crippen LogP contribution in [0.25, 0.3) is 11.3 Å². The number of halogens is 1. The van der Waals surface area contributed by atoms with E-state index in [1.807, 2.05) is 37.8 Å². The molecule has 1 aliphatic rings. The van der Waals surface area contributed by atoms with E-state index < -0.39 is 5.41 Å². The van der Waals surface area contributed by atoms with E-state index in [9.17, 15) is 14.4 Å². The molecule has 4 aromatic heterocycles. The first kappa shape index (κ1) is 28.7. The van der Waals surface area contributed by atoms with Gasteiger partial charge in [0.2, 0.25) is 5.78 Å². The van der Waals surface area contributed by atoms with Crippen molar-refractivity contribution in [2.75, 3.05) is 36.5 Å². The average molecular weight is 596 g/mol. The van der Waals surface area contributed by atoms with E-state index in [2.05, 4.69) is 15.3 Å². The first-order valence-electron chi connectivity index (χ1n) is 13.1. The third kappa shape index (κ3) is 6.39. The molecule has 1 fully saturated rings. The van der Waals surface area contributed by atoms with Crippen LogP contribution in [0.2, 0.25) is 4.34 Å². The number of morpholine rings is 1. The molecule has 214 valence electrons. The summed E-state index contributed by atoms with van der Waals surface area (Å²) in [6.07, 6.45) is 2.78. The Kier molecular flexibility index (Phi) is 8.34. The monoisotopic (exact) mass is 595 g/mol. The molecule has 41 heavy (non-hydrogen) atoms. The number of ketones is 1. The minimum atomic E-state index is -0.707. The zero-order valence-electron chi connectivity index (χ0n) is 23.0. The maximum atomic E-state index is 13.5. The van der Waals surface area contributed by atoms with Crippen molar-refractivity contribution in [2.45, 2.75) is 33.9 Å². The first-order chi connectivity index (χ1) is 19.6. The number of aromatic nitrogens is 5. The summed E-state index contributed by atoms with van der Waals surface area (Å²) >= 11 is 7.56. The molecular formula is C28H30ClN7O4S. The number of nitrogens with one attached hydrogen (secondary N) is 1. The van der Waals surface area contributed by atoms with Crippen LogP contribution in [0.3, 0.4) is 0 Å². The number of thiophene rings is 1. The van der Waals surface area contributed by atoms with Gasteiger partial charge >= 0.3 is 0 Å². The number of Topliss-reactive ketones (excluding diaryl/α,β-unsaturated/α-hetero) is 1. The number of carbonyl (C=O) groups excluding carboxylic acids is 2. The number of hydrogen-bond acceptors (Lipinski definition) is 10. The summed E-state index contributed by atoms with van der Waals surface area (Å²) in [6, 6.07) is 10.2. The van der Waals surface area contributed by atoms with Gasteiger partial charge in [-0.1, -0.05) is 32.4 Å². The van der Waals surface area contributed by atoms with Crippen LogP contribution in [0.5, 0.6) is 0 Å². The Morgan fingerprint density at radius 1 is 1.12 bits per heavy atom. The van der Waals surface area contributed by atoms with Crippen molar-refractivity contribution in [1.29, 1.82) is 0 Å². The third-order valence-corrected chi connectivity index (χ3v) is 7.76. The lowest BCUT2D eigenvalue weighted by molar-refractivity contribution is 0.0752. The molecule has 5 rings (SSSR count). The van der Waals surface area contributed by atoms with Crippen LogP contribution in [0.15, 0.2) is 53.7 Å². The van der Waals surface area contributed by atoms with Crippen LogP contribution >= 0.6 is 22.9 Å². The minimum Gasteiger partial charge on any atom is -0.378 e. The van der Waals surface area contributed by atoms with Gasteiger partial charge in [0.25, 0.3) is 11.5 Å². The second-order valence-electron chi connectivity index (χ2n) is 10.6. The van der Waals surface area contributed by atoms with E-state index in [0.29, 0.717) is 60.1 Å². The maximum absolute atomic E-state index is 13.5. The highest BCUT2D eigenvalue weighted by Crippen LogP contribution is 2.33. The molecule has 0 bridgehead atoms. The van der Waals surface area contributed by atoms with Gasteiger partial charge in [-0.2, -0.15) is 9.78 Å². The fraction of sp³-hybridized carbons (Fsp3) is 0.357. The minimum absolute atomic E-state index is 0.198. The zero-order chi connectivity index (χ0) is 29.1. The van der Waals surface area contributed by atoms with E-state index in [-0.39, 0.29) is 29.5 Å². The number of rotatable bonds is 8. The fourth-order valence-corrected chi connectivity index (χ4v) is 5.48. The van der Waals surface area contributed by atoms with Crippen LogP contribution in [0.1, 0.15) is 40.9 Å². The fourth-order valence-electron chi connectivity index (χ4n) is 4.45. The van der Waals surface area contributed by atoms with Crippen molar-refractivity contribution in [3.05, 3.63) is 74.2 Å². The quantitative estimate of drug-likeness (QED) is 0.298. The van der Waals surface area contributed by atoms with Crippen LogP contribution in [0, 0.1) is 5.41 Å². The lowest BCUT2D eigenvalue weighted by atomic mass is 9.96. The highest BCUT2D eigenvalue weighted by atomic mass is 35.5. The van der Waals surface area contributed by atoms with Crippen LogP contribution < -0.4 is 15.8 Å². The molecule has 11 nitrogen and oxygen atoms in total. The predicted molar refractivity (Wildman–Crippen MR) is 158 cm³/mol. The summed E-state index contributed by atoms with van der Waals surface area (Å²) in [4.78, 5) is 50.8. The largest absolute Gasteiger partial charge is 0.378 e. The molecule has 1 N–H and O–H groups in total. The summed E-state index contributed by atoms with van der Waals surface area (Å²) in [5, 5.41) is 8.06. The summed E-state index contributed by atoms with van der Waals surface area (Å²) < 4.78 is 9.05. The van der Waals surface area contributed by atoms with E-state index in [1.54, 1.807) is 12.1 Å². The molecule has 0 aliphatic carbocycles. The van der Waals surface area contributed by atoms with Crippen molar-refractivity contribution in [3.8, 4) is 11.3 Å². The van der Waals surface area contributed by atoms with Crippen molar-refractivity contribution in [2.24, 2.45) is 5.41 Å². The van der Waals surface area contributed by atoms with Crippen LogP contribution in [0.4, 0.5) is 11.6 Å². The van der Waals surface area contributed by atoms with Gasteiger partial charge in [-0.15, -0.1) is 11.3 Å². The predicted octanol–water partition coefficient (Wildman–Crippen LogP) is 4.23. The van der Waals surface area contributed by atoms with Crippen molar-refractivity contribution >= 4 is 46.3 Å². The smallest absolute Gasteiger partial charge is 0.254 e. The highest BCUT2D eigenvalue weighted by Gasteiger charge is 2.29. The molecular weight excluding hydrogens is 566 g/mol. The molecule has 5 heterocycles. The second-order valence-corrected chi connectivity index (χ2v) is 12.4. The molecule has 0 unspecified atom stereocenters. The molecule has 0 radical (unpaired) electrons. The maximum Gasteiger partial charge on any atom is 0.254 e. The zero-order valence-corrected chi connectivity index (χ0v) is 24.5. The third-order valence-electron chi connectivity index (χ3n) is 6.53. The Hall–Kier alpha value is -3.87. The molecule has 13 heteroatoms. The van der Waals surface area contributed by atoms with Crippen LogP contribution in [-0.4, -0.2) is 62.3 Å². The van der Waals surface area contributed by atoms with E-state index in [1.165, 1.54) is 45.2 Å². The Bertz CT molecular complexity index is 1620. The van der Waals surface area contributed by atoms with Gasteiger partial charge in [-0.05, 0) is 24.3 Å². The number of pyridine rings is 1. The first-order valence-corrected chi connectivity index (χ1v) is 14.3. The molecule has 1 aliphatic heterocycles. The molecule has 0 atom stereocenters. The van der Waals surface area contributed by atoms with Crippen molar-refractivity contribution in [3.63, 3.8) is 0 Å². The molecule has 0 amide bonds. The highest BCUT2D eigenvalue weighted by molar-refractivity contribution is 7.16. The Morgan fingerprint density at radius 2 is 1.90 bits per heavy atom. The summed E-state index contributed by atoms with van der Waals surface area (Å²) in [5.41, 5.74) is 0.270. The molecule has 0 spiro atoms. The van der Waals surface area contributed by atoms with E-state index in [0.717, 1.165) is 4.88 Å². The van der Waals surface area contributed by atoms with Gasteiger partial charge in [0, 0.05) is 47.3 Å². The number of hydrogen-bond donors (Lipinski definition) is 1. The SMILES string of the molecule is CC(C)(C)C(=O)n1nc(-c2ccc(=O)n(CC(=O)c3ccncn3)c2N2CCOCC2)cc1NCc1ccc(Cl)s1. The summed E-state index contributed by atoms with van der Waals surface area (Å²) in [5.74, 6) is 0.516. The summed E-state index contributed by atoms with van der Waals surface area (Å²) in [7, 11) is 0. The Balaban J connectivity index is 1.61. The summed E-state index contributed by atoms with van der Waals surface area (Å²) in [6.45, 7) is 7.69. The molecule has 4 aromatic rings. The van der Waals surface area contributed by atoms with Gasteiger partial charge in [0.05, 0.1) is 36.3 Å². The van der Waals surface area contributed by atoms with Crippen molar-refractivity contribution < 1.29 is 14.3 Å². The number of carbonyl (C=O) groups is 2. The lowest BCUT2D eigenvalue weighted by Gasteiger charge is -2.32. The number of anilines is 2. The molecule has 0 saturated carbocycles. The van der Waals surface area contributed by atoms with Gasteiger partial charge in [-0.3, -0.25) is 19.0 Å². The molecule has 0 aromatic carbocycles. The Morgan fingerprint density at radius 3 is 2.56 bits per heavy atom. The number of ether oxygens (including phenoxy) is 1. The van der Waals surface area contributed by atoms with Gasteiger partial charge < -0.3 is 15.0 Å². The van der Waals surface area contributed by atoms with Gasteiger partial charge in [0.1, 0.15) is 23.7 Å². The van der Waals surface area contributed by atoms with Crippen molar-refractivity contribution in [1.82, 2.24) is 24.3 Å². The van der Waals surface area contributed by atoms with Gasteiger partial charge in [0.15, 0.2) is 0 Å². The van der Waals surface area contributed by atoms with E-state index >= 15 is 0 Å². The van der Waals surface area contributed by atoms with Crippen LogP contribution in [-0.2, 0) is 17.8 Å². The lowest BCUT2D eigenvalue weighted by Crippen LogP contribution is -2.41.